The van der Waals surface area contributed by atoms with E-state index in [1.54, 1.807) is 0 Å². The van der Waals surface area contributed by atoms with E-state index < -0.39 is 5.97 Å². The second-order valence-corrected chi connectivity index (χ2v) is 7.39. The van der Waals surface area contributed by atoms with Crippen LogP contribution in [0.2, 0.25) is 0 Å². The van der Waals surface area contributed by atoms with Crippen LogP contribution in [0.1, 0.15) is 66.2 Å². The van der Waals surface area contributed by atoms with E-state index in [4.69, 9.17) is 18.9 Å². The minimum absolute atomic E-state index is 0.0437. The zero-order chi connectivity index (χ0) is 16.1. The van der Waals surface area contributed by atoms with E-state index in [1.807, 2.05) is 0 Å². The number of ether oxygens (including phenoxy) is 4. The quantitative estimate of drug-likeness (QED) is 0.568. The Morgan fingerprint density at radius 1 is 0.909 bits per heavy atom. The van der Waals surface area contributed by atoms with Crippen LogP contribution in [-0.4, -0.2) is 39.0 Å². The van der Waals surface area contributed by atoms with E-state index in [0.717, 1.165) is 52.3 Å². The number of hydrogen-bond acceptors (Lipinski definition) is 4. The summed E-state index contributed by atoms with van der Waals surface area (Å²) in [5.74, 6) is -0.791. The first kappa shape index (κ1) is 18.2. The molecule has 3 aliphatic rings. The van der Waals surface area contributed by atoms with Crippen LogP contribution in [0.4, 0.5) is 0 Å². The summed E-state index contributed by atoms with van der Waals surface area (Å²) in [5.41, 5.74) is 0.507. The fourth-order valence-corrected chi connectivity index (χ4v) is 3.38. The molecule has 3 heterocycles. The second kappa shape index (κ2) is 7.61. The fraction of sp³-hybridized carbons (Fsp3) is 1.00. The minimum Gasteiger partial charge on any atom is -0.381 e. The maximum Gasteiger partial charge on any atom is 0.283 e. The maximum absolute atomic E-state index is 5.84. The van der Waals surface area contributed by atoms with Crippen LogP contribution >= 0.6 is 0 Å². The normalized spacial score (nSPS) is 31.6. The molecule has 0 amide bonds. The van der Waals surface area contributed by atoms with Crippen molar-refractivity contribution in [2.24, 2.45) is 10.8 Å². The van der Waals surface area contributed by atoms with Crippen LogP contribution in [0.5, 0.6) is 0 Å². The smallest absolute Gasteiger partial charge is 0.283 e. The Hall–Kier alpha value is -0.160. The first-order valence-corrected chi connectivity index (χ1v) is 9.01. The molecule has 2 bridgehead atoms. The SMILES string of the molecule is CCC(CC)(CC)CCOCCCC12OCC(C)(CO1)CO2. The molecule has 0 spiro atoms. The lowest BCUT2D eigenvalue weighted by atomic mass is 9.77. The Morgan fingerprint density at radius 2 is 1.45 bits per heavy atom. The van der Waals surface area contributed by atoms with Crippen molar-refractivity contribution in [1.82, 2.24) is 0 Å². The molecule has 0 unspecified atom stereocenters. The third-order valence-electron chi connectivity index (χ3n) is 5.72. The molecule has 22 heavy (non-hydrogen) atoms. The van der Waals surface area contributed by atoms with Gasteiger partial charge in [0.25, 0.3) is 5.97 Å². The van der Waals surface area contributed by atoms with Crippen molar-refractivity contribution in [2.75, 3.05) is 33.0 Å². The van der Waals surface area contributed by atoms with E-state index in [2.05, 4.69) is 27.7 Å². The number of fused-ring (bicyclic) bond motifs is 3. The Labute approximate surface area is 135 Å². The summed E-state index contributed by atoms with van der Waals surface area (Å²) in [5, 5.41) is 0. The Kier molecular flexibility index (Phi) is 6.29. The summed E-state index contributed by atoms with van der Waals surface area (Å²) >= 11 is 0. The molecule has 0 atom stereocenters. The van der Waals surface area contributed by atoms with E-state index in [-0.39, 0.29) is 5.41 Å². The summed E-state index contributed by atoms with van der Waals surface area (Å²) in [6.45, 7) is 12.8. The predicted octanol–water partition coefficient (Wildman–Crippen LogP) is 4.13. The van der Waals surface area contributed by atoms with Gasteiger partial charge in [-0.05, 0) is 18.3 Å². The first-order valence-electron chi connectivity index (χ1n) is 9.01. The van der Waals surface area contributed by atoms with Gasteiger partial charge in [0, 0.05) is 25.0 Å². The van der Waals surface area contributed by atoms with Gasteiger partial charge in [-0.2, -0.15) is 0 Å². The van der Waals surface area contributed by atoms with Gasteiger partial charge in [-0.15, -0.1) is 0 Å². The number of hydrogen-bond donors (Lipinski definition) is 0. The van der Waals surface area contributed by atoms with Crippen molar-refractivity contribution < 1.29 is 18.9 Å². The standard InChI is InChI=1S/C18H34O4/c1-5-17(6-2,7-3)10-12-19-11-8-9-18-20-13-16(4,14-21-18)15-22-18/h5-15H2,1-4H3. The van der Waals surface area contributed by atoms with Crippen LogP contribution in [0.3, 0.4) is 0 Å². The van der Waals surface area contributed by atoms with Crippen LogP contribution in [-0.2, 0) is 18.9 Å². The molecule has 0 aliphatic carbocycles. The molecule has 3 rings (SSSR count). The second-order valence-electron chi connectivity index (χ2n) is 7.39. The molecule has 4 nitrogen and oxygen atoms in total. The van der Waals surface area contributed by atoms with E-state index in [9.17, 15) is 0 Å². The molecular weight excluding hydrogens is 280 g/mol. The van der Waals surface area contributed by atoms with E-state index in [0.29, 0.717) is 5.41 Å². The lowest BCUT2D eigenvalue weighted by molar-refractivity contribution is -0.467. The molecular formula is C18H34O4. The van der Waals surface area contributed by atoms with Gasteiger partial charge >= 0.3 is 0 Å². The third kappa shape index (κ3) is 4.22. The van der Waals surface area contributed by atoms with Gasteiger partial charge in [-0.25, -0.2) is 0 Å². The van der Waals surface area contributed by atoms with E-state index in [1.165, 1.54) is 19.3 Å². The molecule has 0 aromatic heterocycles. The van der Waals surface area contributed by atoms with Gasteiger partial charge in [-0.1, -0.05) is 47.0 Å². The van der Waals surface area contributed by atoms with Crippen molar-refractivity contribution in [1.29, 1.82) is 0 Å². The van der Waals surface area contributed by atoms with Crippen molar-refractivity contribution in [3.8, 4) is 0 Å². The molecule has 4 heteroatoms. The Bertz CT molecular complexity index is 305. The van der Waals surface area contributed by atoms with Crippen molar-refractivity contribution >= 4 is 0 Å². The topological polar surface area (TPSA) is 36.9 Å². The molecule has 0 aromatic carbocycles. The van der Waals surface area contributed by atoms with Gasteiger partial charge in [0.2, 0.25) is 0 Å². The summed E-state index contributed by atoms with van der Waals surface area (Å²) in [4.78, 5) is 0. The highest BCUT2D eigenvalue weighted by Gasteiger charge is 2.49. The third-order valence-corrected chi connectivity index (χ3v) is 5.72. The molecule has 0 radical (unpaired) electrons. The first-order chi connectivity index (χ1) is 10.5. The average Bonchev–Trinajstić information content (AvgIpc) is 2.56. The molecule has 3 saturated heterocycles. The highest BCUT2D eigenvalue weighted by atomic mass is 16.9. The predicted molar refractivity (Wildman–Crippen MR) is 86.7 cm³/mol. The summed E-state index contributed by atoms with van der Waals surface area (Å²) < 4.78 is 23.2. The van der Waals surface area contributed by atoms with Gasteiger partial charge in [0.15, 0.2) is 0 Å². The highest BCUT2D eigenvalue weighted by molar-refractivity contribution is 4.84. The van der Waals surface area contributed by atoms with Crippen molar-refractivity contribution in [3.63, 3.8) is 0 Å². The minimum atomic E-state index is -0.791. The monoisotopic (exact) mass is 314 g/mol. The van der Waals surface area contributed by atoms with Crippen LogP contribution in [0.25, 0.3) is 0 Å². The van der Waals surface area contributed by atoms with Gasteiger partial charge in [0.05, 0.1) is 19.8 Å². The van der Waals surface area contributed by atoms with Gasteiger partial charge < -0.3 is 18.9 Å². The van der Waals surface area contributed by atoms with Gasteiger partial charge in [0.1, 0.15) is 0 Å². The molecule has 3 aliphatic heterocycles. The molecule has 0 saturated carbocycles. The Balaban J connectivity index is 1.60. The molecule has 0 aromatic rings. The van der Waals surface area contributed by atoms with Crippen LogP contribution < -0.4 is 0 Å². The highest BCUT2D eigenvalue weighted by Crippen LogP contribution is 2.40. The molecule has 130 valence electrons. The van der Waals surface area contributed by atoms with Gasteiger partial charge in [-0.3, -0.25) is 0 Å². The fourth-order valence-electron chi connectivity index (χ4n) is 3.38. The zero-order valence-electron chi connectivity index (χ0n) is 14.9. The van der Waals surface area contributed by atoms with E-state index >= 15 is 0 Å². The molecule has 3 fully saturated rings. The van der Waals surface area contributed by atoms with Crippen molar-refractivity contribution in [3.05, 3.63) is 0 Å². The average molecular weight is 314 g/mol. The lowest BCUT2D eigenvalue weighted by Crippen LogP contribution is -2.58. The van der Waals surface area contributed by atoms with Crippen LogP contribution in [0, 0.1) is 10.8 Å². The Morgan fingerprint density at radius 3 is 1.95 bits per heavy atom. The number of rotatable bonds is 10. The summed E-state index contributed by atoms with van der Waals surface area (Å²) in [6.07, 6.45) is 6.53. The lowest BCUT2D eigenvalue weighted by Gasteiger charge is -2.50. The largest absolute Gasteiger partial charge is 0.381 e. The summed E-state index contributed by atoms with van der Waals surface area (Å²) in [7, 11) is 0. The molecule has 0 N–H and O–H groups in total. The van der Waals surface area contributed by atoms with Crippen LogP contribution in [0.15, 0.2) is 0 Å². The summed E-state index contributed by atoms with van der Waals surface area (Å²) in [6, 6.07) is 0. The van der Waals surface area contributed by atoms with Crippen molar-refractivity contribution in [2.45, 2.75) is 72.2 Å². The maximum atomic E-state index is 5.84. The zero-order valence-corrected chi connectivity index (χ0v) is 14.9.